The molecule has 0 radical (unpaired) electrons. The van der Waals surface area contributed by atoms with Crippen molar-refractivity contribution in [3.8, 4) is 5.75 Å². The Balaban J connectivity index is 1.40. The maximum Gasteiger partial charge on any atom is 0.317 e. The van der Waals surface area contributed by atoms with Crippen LogP contribution in [0, 0.1) is 0 Å². The molecule has 2 amide bonds. The van der Waals surface area contributed by atoms with Crippen molar-refractivity contribution < 1.29 is 14.3 Å². The van der Waals surface area contributed by atoms with Crippen LogP contribution in [0.25, 0.3) is 0 Å². The third-order valence-electron chi connectivity index (χ3n) is 6.72. The number of carbonyl (C=O) groups is 1. The van der Waals surface area contributed by atoms with E-state index in [2.05, 4.69) is 29.4 Å². The molecule has 0 bridgehead atoms. The summed E-state index contributed by atoms with van der Waals surface area (Å²) in [6.07, 6.45) is 4.56. The first-order valence-corrected chi connectivity index (χ1v) is 10.1. The first kappa shape index (κ1) is 18.6. The third-order valence-corrected chi connectivity index (χ3v) is 6.72. The Hall–Kier alpha value is -1.79. The Labute approximate surface area is 161 Å². The highest BCUT2D eigenvalue weighted by atomic mass is 16.5. The predicted molar refractivity (Wildman–Crippen MR) is 104 cm³/mol. The lowest BCUT2D eigenvalue weighted by Crippen LogP contribution is -2.61. The fourth-order valence-electron chi connectivity index (χ4n) is 4.81. The number of piperidine rings is 1. The minimum atomic E-state index is 0.00528. The number of nitrogens with zero attached hydrogens (tertiary/aromatic N) is 2. The second kappa shape index (κ2) is 7.68. The highest BCUT2D eigenvalue weighted by Crippen LogP contribution is 2.46. The van der Waals surface area contributed by atoms with Gasteiger partial charge in [-0.05, 0) is 32.4 Å². The van der Waals surface area contributed by atoms with Crippen molar-refractivity contribution in [3.05, 3.63) is 29.8 Å². The van der Waals surface area contributed by atoms with Gasteiger partial charge in [-0.15, -0.1) is 0 Å². The zero-order valence-electron chi connectivity index (χ0n) is 16.4. The molecule has 2 atom stereocenters. The van der Waals surface area contributed by atoms with Gasteiger partial charge in [-0.1, -0.05) is 24.6 Å². The van der Waals surface area contributed by atoms with Crippen molar-refractivity contribution in [1.29, 1.82) is 0 Å². The van der Waals surface area contributed by atoms with E-state index in [1.165, 1.54) is 12.0 Å². The van der Waals surface area contributed by atoms with E-state index in [1.54, 1.807) is 7.11 Å². The SMILES string of the molecule is COc1ccccc1C1(CNC(=O)N2CC[C@H]3OCCN(C)[C@H]3C2)CCC1. The second-order valence-electron chi connectivity index (χ2n) is 8.18. The van der Waals surface area contributed by atoms with E-state index >= 15 is 0 Å². The summed E-state index contributed by atoms with van der Waals surface area (Å²) in [5.41, 5.74) is 1.23. The quantitative estimate of drug-likeness (QED) is 0.879. The zero-order chi connectivity index (χ0) is 18.9. The third kappa shape index (κ3) is 3.52. The van der Waals surface area contributed by atoms with Gasteiger partial charge in [-0.3, -0.25) is 4.90 Å². The minimum absolute atomic E-state index is 0.00528. The Morgan fingerprint density at radius 3 is 2.89 bits per heavy atom. The molecule has 1 saturated carbocycles. The number of methoxy groups -OCH3 is 1. The van der Waals surface area contributed by atoms with E-state index < -0.39 is 0 Å². The molecule has 1 aliphatic carbocycles. The summed E-state index contributed by atoms with van der Waals surface area (Å²) >= 11 is 0. The van der Waals surface area contributed by atoms with Gasteiger partial charge in [0.15, 0.2) is 0 Å². The van der Waals surface area contributed by atoms with E-state index in [-0.39, 0.29) is 17.6 Å². The van der Waals surface area contributed by atoms with Gasteiger partial charge >= 0.3 is 6.03 Å². The highest BCUT2D eigenvalue weighted by molar-refractivity contribution is 5.74. The minimum Gasteiger partial charge on any atom is -0.496 e. The Morgan fingerprint density at radius 1 is 1.33 bits per heavy atom. The van der Waals surface area contributed by atoms with Gasteiger partial charge in [0.05, 0.1) is 25.9 Å². The standard InChI is InChI=1S/C21H31N3O3/c1-23-12-13-27-19-8-11-24(14-17(19)23)20(25)22-15-21(9-5-10-21)16-6-3-4-7-18(16)26-2/h3-4,6-7,17,19H,5,8-15H2,1-2H3,(H,22,25)/t17-,19+/m0/s1. The summed E-state index contributed by atoms with van der Waals surface area (Å²) in [6.45, 7) is 3.92. The zero-order valence-corrected chi connectivity index (χ0v) is 16.4. The number of benzene rings is 1. The fourth-order valence-corrected chi connectivity index (χ4v) is 4.81. The van der Waals surface area contributed by atoms with E-state index in [0.717, 1.165) is 51.3 Å². The van der Waals surface area contributed by atoms with Crippen LogP contribution in [-0.2, 0) is 10.2 Å². The molecule has 3 aliphatic rings. The van der Waals surface area contributed by atoms with E-state index in [9.17, 15) is 4.79 Å². The van der Waals surface area contributed by atoms with Crippen molar-refractivity contribution in [2.45, 2.75) is 43.2 Å². The molecule has 6 nitrogen and oxygen atoms in total. The number of hydrogen-bond acceptors (Lipinski definition) is 4. The van der Waals surface area contributed by atoms with E-state index in [0.29, 0.717) is 12.6 Å². The van der Waals surface area contributed by atoms with Gasteiger partial charge in [-0.25, -0.2) is 4.79 Å². The number of amides is 2. The van der Waals surface area contributed by atoms with Crippen LogP contribution >= 0.6 is 0 Å². The number of para-hydroxylation sites is 1. The van der Waals surface area contributed by atoms with E-state index in [4.69, 9.17) is 9.47 Å². The van der Waals surface area contributed by atoms with Crippen molar-refractivity contribution in [2.75, 3.05) is 46.9 Å². The van der Waals surface area contributed by atoms with Gasteiger partial charge < -0.3 is 19.7 Å². The lowest BCUT2D eigenvalue weighted by molar-refractivity contribution is -0.0882. The van der Waals surface area contributed by atoms with Gasteiger partial charge in [-0.2, -0.15) is 0 Å². The molecule has 6 heteroatoms. The number of carbonyl (C=O) groups excluding carboxylic acids is 1. The Kier molecular flexibility index (Phi) is 5.28. The number of rotatable bonds is 4. The Bertz CT molecular complexity index is 676. The molecule has 2 saturated heterocycles. The number of ether oxygens (including phenoxy) is 2. The van der Waals surface area contributed by atoms with Gasteiger partial charge in [0.2, 0.25) is 0 Å². The molecule has 0 aromatic heterocycles. The van der Waals surface area contributed by atoms with E-state index in [1.807, 2.05) is 17.0 Å². The molecular weight excluding hydrogens is 342 g/mol. The van der Waals surface area contributed by atoms with Crippen LogP contribution in [0.3, 0.4) is 0 Å². The fraction of sp³-hybridized carbons (Fsp3) is 0.667. The van der Waals surface area contributed by atoms with Crippen LogP contribution in [0.1, 0.15) is 31.2 Å². The second-order valence-corrected chi connectivity index (χ2v) is 8.18. The first-order chi connectivity index (χ1) is 13.1. The Morgan fingerprint density at radius 2 is 2.15 bits per heavy atom. The molecule has 1 aromatic rings. The van der Waals surface area contributed by atoms with Crippen molar-refractivity contribution in [1.82, 2.24) is 15.1 Å². The number of hydrogen-bond donors (Lipinski definition) is 1. The number of fused-ring (bicyclic) bond motifs is 1. The normalized spacial score (nSPS) is 27.4. The maximum absolute atomic E-state index is 12.9. The molecule has 2 heterocycles. The maximum atomic E-state index is 12.9. The molecule has 27 heavy (non-hydrogen) atoms. The molecule has 1 aromatic carbocycles. The smallest absolute Gasteiger partial charge is 0.317 e. The number of likely N-dealkylation sites (N-methyl/N-ethyl adjacent to an activating group) is 1. The number of nitrogens with one attached hydrogen (secondary N) is 1. The molecule has 2 aliphatic heterocycles. The van der Waals surface area contributed by atoms with Crippen LogP contribution in [0.2, 0.25) is 0 Å². The van der Waals surface area contributed by atoms with Crippen molar-refractivity contribution in [3.63, 3.8) is 0 Å². The summed E-state index contributed by atoms with van der Waals surface area (Å²) < 4.78 is 11.5. The average molecular weight is 373 g/mol. The van der Waals surface area contributed by atoms with Gasteiger partial charge in [0, 0.05) is 37.2 Å². The van der Waals surface area contributed by atoms with Crippen molar-refractivity contribution in [2.24, 2.45) is 0 Å². The van der Waals surface area contributed by atoms with Crippen LogP contribution < -0.4 is 10.1 Å². The molecular formula is C21H31N3O3. The van der Waals surface area contributed by atoms with Crippen LogP contribution in [0.4, 0.5) is 4.79 Å². The lowest BCUT2D eigenvalue weighted by atomic mass is 9.64. The van der Waals surface area contributed by atoms with Crippen LogP contribution in [0.15, 0.2) is 24.3 Å². The number of likely N-dealkylation sites (tertiary alicyclic amines) is 1. The lowest BCUT2D eigenvalue weighted by Gasteiger charge is -2.46. The average Bonchev–Trinajstić information content (AvgIpc) is 2.67. The molecule has 4 rings (SSSR count). The summed E-state index contributed by atoms with van der Waals surface area (Å²) in [6, 6.07) is 8.58. The predicted octanol–water partition coefficient (Wildman–Crippen LogP) is 2.23. The topological polar surface area (TPSA) is 54.0 Å². The summed E-state index contributed by atoms with van der Waals surface area (Å²) in [5.74, 6) is 0.924. The monoisotopic (exact) mass is 373 g/mol. The summed E-state index contributed by atoms with van der Waals surface area (Å²) in [5, 5.41) is 3.23. The molecule has 148 valence electrons. The number of morpholine rings is 1. The largest absolute Gasteiger partial charge is 0.496 e. The summed E-state index contributed by atoms with van der Waals surface area (Å²) in [7, 11) is 3.85. The molecule has 0 spiro atoms. The first-order valence-electron chi connectivity index (χ1n) is 10.1. The molecule has 0 unspecified atom stereocenters. The van der Waals surface area contributed by atoms with Gasteiger partial charge in [0.25, 0.3) is 0 Å². The van der Waals surface area contributed by atoms with Crippen LogP contribution in [-0.4, -0.2) is 74.9 Å². The van der Waals surface area contributed by atoms with Crippen molar-refractivity contribution >= 4 is 6.03 Å². The highest BCUT2D eigenvalue weighted by Gasteiger charge is 2.42. The van der Waals surface area contributed by atoms with Gasteiger partial charge in [0.1, 0.15) is 5.75 Å². The number of urea groups is 1. The van der Waals surface area contributed by atoms with Crippen LogP contribution in [0.5, 0.6) is 5.75 Å². The molecule has 1 N–H and O–H groups in total. The summed E-state index contributed by atoms with van der Waals surface area (Å²) in [4.78, 5) is 17.2. The molecule has 3 fully saturated rings.